The van der Waals surface area contributed by atoms with E-state index < -0.39 is 0 Å². The average molecular weight is 232 g/mol. The lowest BCUT2D eigenvalue weighted by Crippen LogP contribution is -2.26. The van der Waals surface area contributed by atoms with Gasteiger partial charge in [-0.05, 0) is 12.0 Å². The van der Waals surface area contributed by atoms with Crippen molar-refractivity contribution >= 4 is 11.8 Å². The Kier molecular flexibility index (Phi) is 3.27. The van der Waals surface area contributed by atoms with Crippen molar-refractivity contribution in [1.82, 2.24) is 0 Å². The summed E-state index contributed by atoms with van der Waals surface area (Å²) >= 11 is 0. The van der Waals surface area contributed by atoms with Gasteiger partial charge in [-0.15, -0.1) is 0 Å². The molecule has 0 saturated carbocycles. The first-order valence-electron chi connectivity index (χ1n) is 5.86. The summed E-state index contributed by atoms with van der Waals surface area (Å²) in [7, 11) is 0. The fraction of sp³-hybridized carbons (Fsp3) is 0.429. The van der Waals surface area contributed by atoms with Gasteiger partial charge < -0.3 is 4.74 Å². The van der Waals surface area contributed by atoms with Crippen LogP contribution in [-0.2, 0) is 9.53 Å². The monoisotopic (exact) mass is 232 g/mol. The molecule has 0 saturated heterocycles. The van der Waals surface area contributed by atoms with Crippen molar-refractivity contribution in [2.24, 2.45) is 5.92 Å². The van der Waals surface area contributed by atoms with Crippen molar-refractivity contribution in [2.45, 2.75) is 26.2 Å². The van der Waals surface area contributed by atoms with Gasteiger partial charge in [0.2, 0.25) is 0 Å². The molecule has 1 aliphatic rings. The number of ketones is 1. The summed E-state index contributed by atoms with van der Waals surface area (Å²) in [6, 6.07) is 7.60. The summed E-state index contributed by atoms with van der Waals surface area (Å²) < 4.78 is 5.07. The van der Waals surface area contributed by atoms with E-state index in [1.165, 1.54) is 6.92 Å². The normalized spacial score (nSPS) is 23.1. The summed E-state index contributed by atoms with van der Waals surface area (Å²) in [4.78, 5) is 22.8. The number of fused-ring (bicyclic) bond motifs is 1. The van der Waals surface area contributed by atoms with Crippen molar-refractivity contribution in [3.05, 3.63) is 35.4 Å². The van der Waals surface area contributed by atoms with E-state index in [0.717, 1.165) is 17.5 Å². The standard InChI is InChI=1S/C14H16O3/c1-9-7-11(8-17-10(2)15)12-5-3-4-6-13(12)14(9)16/h3-6,9,11H,7-8H2,1-2H3. The van der Waals surface area contributed by atoms with Crippen LogP contribution in [0.5, 0.6) is 0 Å². The van der Waals surface area contributed by atoms with E-state index >= 15 is 0 Å². The zero-order valence-corrected chi connectivity index (χ0v) is 10.1. The van der Waals surface area contributed by atoms with Gasteiger partial charge in [0.05, 0.1) is 6.61 Å². The van der Waals surface area contributed by atoms with E-state index in [9.17, 15) is 9.59 Å². The van der Waals surface area contributed by atoms with Gasteiger partial charge in [0, 0.05) is 24.3 Å². The van der Waals surface area contributed by atoms with Crippen LogP contribution in [0.4, 0.5) is 0 Å². The van der Waals surface area contributed by atoms with Gasteiger partial charge in [0.1, 0.15) is 0 Å². The maximum absolute atomic E-state index is 12.0. The minimum Gasteiger partial charge on any atom is -0.465 e. The molecule has 0 amide bonds. The average Bonchev–Trinajstić information content (AvgIpc) is 2.32. The number of carbonyl (C=O) groups is 2. The van der Waals surface area contributed by atoms with Crippen LogP contribution in [0.1, 0.15) is 42.1 Å². The molecule has 0 aliphatic heterocycles. The predicted octanol–water partition coefficient (Wildman–Crippen LogP) is 2.56. The number of hydrogen-bond donors (Lipinski definition) is 0. The Morgan fingerprint density at radius 3 is 2.82 bits per heavy atom. The van der Waals surface area contributed by atoms with Crippen LogP contribution in [0.25, 0.3) is 0 Å². The topological polar surface area (TPSA) is 43.4 Å². The molecule has 1 aliphatic carbocycles. The van der Waals surface area contributed by atoms with Crippen LogP contribution in [0.15, 0.2) is 24.3 Å². The lowest BCUT2D eigenvalue weighted by Gasteiger charge is -2.28. The Labute approximate surface area is 101 Å². The molecule has 3 nitrogen and oxygen atoms in total. The molecule has 90 valence electrons. The summed E-state index contributed by atoms with van der Waals surface area (Å²) in [5.41, 5.74) is 1.79. The highest BCUT2D eigenvalue weighted by atomic mass is 16.5. The Hall–Kier alpha value is -1.64. The van der Waals surface area contributed by atoms with Gasteiger partial charge in [-0.1, -0.05) is 31.2 Å². The fourth-order valence-corrected chi connectivity index (χ4v) is 2.38. The molecule has 1 aromatic carbocycles. The van der Waals surface area contributed by atoms with Gasteiger partial charge in [0.25, 0.3) is 0 Å². The Morgan fingerprint density at radius 1 is 1.41 bits per heavy atom. The molecule has 2 rings (SSSR count). The predicted molar refractivity (Wildman–Crippen MR) is 63.9 cm³/mol. The van der Waals surface area contributed by atoms with Crippen LogP contribution in [0, 0.1) is 5.92 Å². The molecule has 0 radical (unpaired) electrons. The van der Waals surface area contributed by atoms with Gasteiger partial charge >= 0.3 is 5.97 Å². The van der Waals surface area contributed by atoms with Crippen molar-refractivity contribution in [2.75, 3.05) is 6.61 Å². The molecule has 0 heterocycles. The summed E-state index contributed by atoms with van der Waals surface area (Å²) in [6.45, 7) is 3.70. The molecule has 3 heteroatoms. The van der Waals surface area contributed by atoms with E-state index in [1.807, 2.05) is 31.2 Å². The number of Topliss-reactive ketones (excluding diaryl/α,β-unsaturated/α-hetero) is 1. The molecule has 17 heavy (non-hydrogen) atoms. The zero-order valence-electron chi connectivity index (χ0n) is 10.1. The first kappa shape index (κ1) is 11.8. The van der Waals surface area contributed by atoms with E-state index in [0.29, 0.717) is 6.61 Å². The van der Waals surface area contributed by atoms with Gasteiger partial charge in [0.15, 0.2) is 5.78 Å². The molecule has 0 bridgehead atoms. The van der Waals surface area contributed by atoms with Crippen molar-refractivity contribution < 1.29 is 14.3 Å². The molecular weight excluding hydrogens is 216 g/mol. The highest BCUT2D eigenvalue weighted by Gasteiger charge is 2.31. The van der Waals surface area contributed by atoms with Gasteiger partial charge in [-0.3, -0.25) is 9.59 Å². The number of ether oxygens (including phenoxy) is 1. The maximum atomic E-state index is 12.0. The van der Waals surface area contributed by atoms with Gasteiger partial charge in [-0.2, -0.15) is 0 Å². The highest BCUT2D eigenvalue weighted by Crippen LogP contribution is 2.34. The van der Waals surface area contributed by atoms with Crippen molar-refractivity contribution in [3.63, 3.8) is 0 Å². The third-order valence-electron chi connectivity index (χ3n) is 3.24. The zero-order chi connectivity index (χ0) is 12.4. The largest absolute Gasteiger partial charge is 0.465 e. The van der Waals surface area contributed by atoms with Crippen LogP contribution in [-0.4, -0.2) is 18.4 Å². The second-order valence-corrected chi connectivity index (χ2v) is 4.59. The second kappa shape index (κ2) is 4.70. The van der Waals surface area contributed by atoms with Crippen molar-refractivity contribution in [1.29, 1.82) is 0 Å². The molecule has 0 fully saturated rings. The second-order valence-electron chi connectivity index (χ2n) is 4.59. The van der Waals surface area contributed by atoms with Crippen LogP contribution in [0.2, 0.25) is 0 Å². The lowest BCUT2D eigenvalue weighted by molar-refractivity contribution is -0.141. The van der Waals surface area contributed by atoms with Crippen molar-refractivity contribution in [3.8, 4) is 0 Å². The number of rotatable bonds is 2. The van der Waals surface area contributed by atoms with E-state index in [2.05, 4.69) is 0 Å². The van der Waals surface area contributed by atoms with E-state index in [-0.39, 0.29) is 23.6 Å². The molecule has 1 aromatic rings. The first-order valence-corrected chi connectivity index (χ1v) is 5.86. The Balaban J connectivity index is 2.27. The summed E-state index contributed by atoms with van der Waals surface area (Å²) in [5, 5.41) is 0. The third kappa shape index (κ3) is 2.38. The SMILES string of the molecule is CC(=O)OCC1CC(C)C(=O)c2ccccc21. The molecule has 2 atom stereocenters. The van der Waals surface area contributed by atoms with E-state index in [4.69, 9.17) is 4.74 Å². The smallest absolute Gasteiger partial charge is 0.302 e. The van der Waals surface area contributed by atoms with Crippen LogP contribution < -0.4 is 0 Å². The maximum Gasteiger partial charge on any atom is 0.302 e. The highest BCUT2D eigenvalue weighted by molar-refractivity contribution is 6.00. The quantitative estimate of drug-likeness (QED) is 0.736. The van der Waals surface area contributed by atoms with Gasteiger partial charge in [-0.25, -0.2) is 0 Å². The molecule has 0 aromatic heterocycles. The first-order chi connectivity index (χ1) is 8.09. The molecule has 2 unspecified atom stereocenters. The number of benzene rings is 1. The Morgan fingerprint density at radius 2 is 2.12 bits per heavy atom. The minimum absolute atomic E-state index is 0.00505. The van der Waals surface area contributed by atoms with Crippen LogP contribution >= 0.6 is 0 Å². The lowest BCUT2D eigenvalue weighted by atomic mass is 9.77. The molecule has 0 spiro atoms. The third-order valence-corrected chi connectivity index (χ3v) is 3.24. The molecule has 0 N–H and O–H groups in total. The Bertz CT molecular complexity index is 451. The number of esters is 1. The summed E-state index contributed by atoms with van der Waals surface area (Å²) in [5.74, 6) is 0.0694. The number of carbonyl (C=O) groups excluding carboxylic acids is 2. The fourth-order valence-electron chi connectivity index (χ4n) is 2.38. The van der Waals surface area contributed by atoms with E-state index in [1.54, 1.807) is 0 Å². The van der Waals surface area contributed by atoms with Crippen LogP contribution in [0.3, 0.4) is 0 Å². The number of hydrogen-bond acceptors (Lipinski definition) is 3. The minimum atomic E-state index is -0.271. The molecular formula is C14H16O3. The summed E-state index contributed by atoms with van der Waals surface area (Å²) in [6.07, 6.45) is 0.753.